The first-order chi connectivity index (χ1) is 6.56. The maximum atomic E-state index is 11.5. The number of rotatable bonds is 2. The van der Waals surface area contributed by atoms with Crippen molar-refractivity contribution in [2.75, 3.05) is 0 Å². The summed E-state index contributed by atoms with van der Waals surface area (Å²) in [7, 11) is 0. The third kappa shape index (κ3) is 2.29. The summed E-state index contributed by atoms with van der Waals surface area (Å²) in [5.41, 5.74) is 1.72. The van der Waals surface area contributed by atoms with Crippen LogP contribution in [0.15, 0.2) is 11.0 Å². The summed E-state index contributed by atoms with van der Waals surface area (Å²) in [6, 6.07) is 0. The highest BCUT2D eigenvalue weighted by Crippen LogP contribution is 1.96. The third-order valence-electron chi connectivity index (χ3n) is 1.67. The topological polar surface area (TPSA) is 90.0 Å². The number of halogens is 1. The van der Waals surface area contributed by atoms with Gasteiger partial charge in [-0.25, -0.2) is 10.8 Å². The Labute approximate surface area is 93.6 Å². The van der Waals surface area contributed by atoms with Crippen LogP contribution in [0.3, 0.4) is 0 Å². The van der Waals surface area contributed by atoms with Crippen LogP contribution in [0.25, 0.3) is 0 Å². The van der Waals surface area contributed by atoms with Crippen LogP contribution in [0.5, 0.6) is 0 Å². The van der Waals surface area contributed by atoms with E-state index >= 15 is 0 Å². The minimum absolute atomic E-state index is 0.106. The van der Waals surface area contributed by atoms with Crippen molar-refractivity contribution in [3.8, 4) is 0 Å². The van der Waals surface area contributed by atoms with Gasteiger partial charge in [0.15, 0.2) is 0 Å². The number of nitrogens with two attached hydrogens (primary N) is 1. The fourth-order valence-electron chi connectivity index (χ4n) is 0.926. The lowest BCUT2D eigenvalue weighted by atomic mass is 10.5. The number of aryl methyl sites for hydroxylation is 1. The Bertz CT molecular complexity index is 415. The van der Waals surface area contributed by atoms with Crippen LogP contribution in [0, 0.1) is 10.5 Å². The lowest BCUT2D eigenvalue weighted by Gasteiger charge is -2.07. The third-order valence-corrected chi connectivity index (χ3v) is 2.41. The first-order valence-electron chi connectivity index (χ1n) is 3.77. The highest BCUT2D eigenvalue weighted by Gasteiger charge is 2.08. The average molecular weight is 308 g/mol. The first-order valence-corrected chi connectivity index (χ1v) is 4.85. The summed E-state index contributed by atoms with van der Waals surface area (Å²) in [5.74, 6) is 4.97. The number of aromatic nitrogens is 2. The Kier molecular flexibility index (Phi) is 3.58. The molecule has 0 spiro atoms. The monoisotopic (exact) mass is 308 g/mol. The predicted octanol–water partition coefficient (Wildman–Crippen LogP) is -0.854. The molecule has 3 N–H and O–H groups in total. The molecule has 0 saturated heterocycles. The summed E-state index contributed by atoms with van der Waals surface area (Å²) in [4.78, 5) is 26.5. The molecule has 0 unspecified atom stereocenters. The lowest BCUT2D eigenvalue weighted by Crippen LogP contribution is -2.37. The van der Waals surface area contributed by atoms with Gasteiger partial charge in [0.05, 0.1) is 3.57 Å². The van der Waals surface area contributed by atoms with Gasteiger partial charge in [-0.05, 0) is 29.5 Å². The molecule has 0 aliphatic heterocycles. The number of amides is 1. The zero-order valence-corrected chi connectivity index (χ0v) is 9.61. The van der Waals surface area contributed by atoms with Crippen LogP contribution in [0.2, 0.25) is 0 Å². The fourth-order valence-corrected chi connectivity index (χ4v) is 1.36. The number of hydrogen-bond donors (Lipinski definition) is 2. The molecular formula is C7H9IN4O2. The van der Waals surface area contributed by atoms with Crippen molar-refractivity contribution in [3.05, 3.63) is 25.9 Å². The number of nitrogens with zero attached hydrogens (tertiary/aromatic N) is 2. The molecule has 0 saturated carbocycles. The number of nitrogens with one attached hydrogen (secondary N) is 1. The fraction of sp³-hybridized carbons (Fsp3) is 0.286. The zero-order valence-electron chi connectivity index (χ0n) is 7.45. The smallest absolute Gasteiger partial charge is 0.267 e. The van der Waals surface area contributed by atoms with Gasteiger partial charge in [-0.2, -0.15) is 0 Å². The van der Waals surface area contributed by atoms with Gasteiger partial charge in [-0.3, -0.25) is 19.6 Å². The largest absolute Gasteiger partial charge is 0.293 e. The summed E-state index contributed by atoms with van der Waals surface area (Å²) < 4.78 is 1.74. The first kappa shape index (κ1) is 11.1. The van der Waals surface area contributed by atoms with Gasteiger partial charge in [-0.15, -0.1) is 0 Å². The van der Waals surface area contributed by atoms with Gasteiger partial charge < -0.3 is 0 Å². The molecule has 0 fully saturated rings. The zero-order chi connectivity index (χ0) is 10.7. The van der Waals surface area contributed by atoms with Crippen molar-refractivity contribution in [2.24, 2.45) is 5.84 Å². The van der Waals surface area contributed by atoms with Crippen molar-refractivity contribution in [1.82, 2.24) is 15.0 Å². The molecule has 0 atom stereocenters. The number of hydrazine groups is 1. The van der Waals surface area contributed by atoms with Crippen LogP contribution in [0.4, 0.5) is 0 Å². The number of carbonyl (C=O) groups excluding carboxylic acids is 1. The minimum Gasteiger partial charge on any atom is -0.293 e. The molecule has 1 aromatic rings. The van der Waals surface area contributed by atoms with E-state index in [0.717, 1.165) is 0 Å². The maximum Gasteiger partial charge on any atom is 0.267 e. The van der Waals surface area contributed by atoms with E-state index < -0.39 is 5.91 Å². The summed E-state index contributed by atoms with van der Waals surface area (Å²) in [6.45, 7) is 1.55. The molecular weight excluding hydrogens is 299 g/mol. The molecule has 0 bridgehead atoms. The van der Waals surface area contributed by atoms with E-state index in [9.17, 15) is 9.59 Å². The maximum absolute atomic E-state index is 11.5. The van der Waals surface area contributed by atoms with Crippen molar-refractivity contribution >= 4 is 28.5 Å². The van der Waals surface area contributed by atoms with Gasteiger partial charge in [0.1, 0.15) is 12.4 Å². The second-order valence-corrected chi connectivity index (χ2v) is 3.77. The van der Waals surface area contributed by atoms with Gasteiger partial charge in [0.25, 0.3) is 11.5 Å². The molecule has 76 valence electrons. The minimum atomic E-state index is -0.431. The highest BCUT2D eigenvalue weighted by molar-refractivity contribution is 14.1. The SMILES string of the molecule is Cc1ncc(I)c(=O)n1CC(=O)NN. The van der Waals surface area contributed by atoms with E-state index in [1.807, 2.05) is 28.0 Å². The van der Waals surface area contributed by atoms with E-state index in [4.69, 9.17) is 5.84 Å². The number of carbonyl (C=O) groups is 1. The van der Waals surface area contributed by atoms with E-state index in [0.29, 0.717) is 9.39 Å². The van der Waals surface area contributed by atoms with Crippen molar-refractivity contribution in [2.45, 2.75) is 13.5 Å². The van der Waals surface area contributed by atoms with Crippen LogP contribution < -0.4 is 16.8 Å². The van der Waals surface area contributed by atoms with E-state index in [-0.39, 0.29) is 12.1 Å². The van der Waals surface area contributed by atoms with Gasteiger partial charge in [-0.1, -0.05) is 0 Å². The van der Waals surface area contributed by atoms with Crippen molar-refractivity contribution in [1.29, 1.82) is 0 Å². The van der Waals surface area contributed by atoms with Gasteiger partial charge in [0, 0.05) is 6.20 Å². The molecule has 1 heterocycles. The lowest BCUT2D eigenvalue weighted by molar-refractivity contribution is -0.121. The second kappa shape index (κ2) is 4.51. The van der Waals surface area contributed by atoms with Gasteiger partial charge in [0.2, 0.25) is 0 Å². The molecule has 7 heteroatoms. The Balaban J connectivity index is 3.13. The summed E-state index contributed by atoms with van der Waals surface area (Å²) in [5, 5.41) is 0. The van der Waals surface area contributed by atoms with Crippen LogP contribution >= 0.6 is 22.6 Å². The molecule has 0 aliphatic carbocycles. The quantitative estimate of drug-likeness (QED) is 0.322. The predicted molar refractivity (Wildman–Crippen MR) is 58.3 cm³/mol. The molecule has 0 radical (unpaired) electrons. The molecule has 14 heavy (non-hydrogen) atoms. The van der Waals surface area contributed by atoms with Crippen LogP contribution in [0.1, 0.15) is 5.82 Å². The normalized spacial score (nSPS) is 9.93. The average Bonchev–Trinajstić information content (AvgIpc) is 2.18. The standard InChI is InChI=1S/C7H9IN4O2/c1-4-10-2-5(8)7(14)12(4)3-6(13)11-9/h2H,3,9H2,1H3,(H,11,13). The van der Waals surface area contributed by atoms with Crippen LogP contribution in [-0.2, 0) is 11.3 Å². The molecule has 1 amide bonds. The van der Waals surface area contributed by atoms with E-state index in [1.165, 1.54) is 10.8 Å². The Hall–Kier alpha value is -0.960. The molecule has 1 aromatic heterocycles. The summed E-state index contributed by atoms with van der Waals surface area (Å²) in [6.07, 6.45) is 1.47. The van der Waals surface area contributed by atoms with E-state index in [1.54, 1.807) is 6.92 Å². The van der Waals surface area contributed by atoms with E-state index in [2.05, 4.69) is 4.98 Å². The molecule has 0 aromatic carbocycles. The van der Waals surface area contributed by atoms with Gasteiger partial charge >= 0.3 is 0 Å². The molecule has 1 rings (SSSR count). The Morgan fingerprint density at radius 1 is 1.79 bits per heavy atom. The summed E-state index contributed by atoms with van der Waals surface area (Å²) >= 11 is 1.87. The Morgan fingerprint density at radius 2 is 2.43 bits per heavy atom. The molecule has 6 nitrogen and oxygen atoms in total. The second-order valence-electron chi connectivity index (χ2n) is 2.61. The highest BCUT2D eigenvalue weighted by atomic mass is 127. The Morgan fingerprint density at radius 3 is 3.00 bits per heavy atom. The van der Waals surface area contributed by atoms with Crippen molar-refractivity contribution < 1.29 is 4.79 Å². The number of hydrogen-bond acceptors (Lipinski definition) is 4. The van der Waals surface area contributed by atoms with Crippen LogP contribution in [-0.4, -0.2) is 15.5 Å². The molecule has 0 aliphatic rings. The van der Waals surface area contributed by atoms with Crippen molar-refractivity contribution in [3.63, 3.8) is 0 Å².